The van der Waals surface area contributed by atoms with Crippen LogP contribution in [0.15, 0.2) is 12.1 Å². The fraction of sp³-hybridized carbons (Fsp3) is 0.680. The van der Waals surface area contributed by atoms with E-state index < -0.39 is 28.6 Å². The van der Waals surface area contributed by atoms with E-state index in [-0.39, 0.29) is 18.6 Å². The Morgan fingerprint density at radius 1 is 1.06 bits per heavy atom. The summed E-state index contributed by atoms with van der Waals surface area (Å²) in [6.07, 6.45) is 4.21. The van der Waals surface area contributed by atoms with E-state index in [9.17, 15) is 18.4 Å². The topological polar surface area (TPSA) is 55.8 Å². The van der Waals surface area contributed by atoms with Crippen molar-refractivity contribution in [3.63, 3.8) is 0 Å². The van der Waals surface area contributed by atoms with Crippen LogP contribution in [-0.4, -0.2) is 42.1 Å². The smallest absolute Gasteiger partial charge is 0.410 e. The lowest BCUT2D eigenvalue weighted by atomic mass is 9.91. The number of amides is 1. The summed E-state index contributed by atoms with van der Waals surface area (Å²) in [5, 5.41) is 0. The van der Waals surface area contributed by atoms with Gasteiger partial charge in [-0.2, -0.15) is 0 Å². The molecule has 1 amide bonds. The molecule has 3 fully saturated rings. The van der Waals surface area contributed by atoms with Crippen LogP contribution in [0.5, 0.6) is 0 Å². The fourth-order valence-electron chi connectivity index (χ4n) is 4.70. The van der Waals surface area contributed by atoms with Crippen molar-refractivity contribution in [2.24, 2.45) is 23.7 Å². The highest BCUT2D eigenvalue weighted by molar-refractivity contribution is 5.99. The predicted molar refractivity (Wildman–Crippen MR) is 115 cm³/mol. The van der Waals surface area contributed by atoms with Crippen molar-refractivity contribution < 1.29 is 27.8 Å². The van der Waals surface area contributed by atoms with Crippen LogP contribution in [-0.2, 0) is 16.1 Å². The van der Waals surface area contributed by atoms with E-state index in [1.165, 1.54) is 12.1 Å². The van der Waals surface area contributed by atoms with Crippen molar-refractivity contribution in [2.75, 3.05) is 19.7 Å². The van der Waals surface area contributed by atoms with Crippen LogP contribution < -0.4 is 0 Å². The van der Waals surface area contributed by atoms with E-state index in [0.29, 0.717) is 55.9 Å². The molecule has 7 heteroatoms. The maximum Gasteiger partial charge on any atom is 0.410 e. The van der Waals surface area contributed by atoms with Crippen LogP contribution in [0, 0.1) is 35.3 Å². The summed E-state index contributed by atoms with van der Waals surface area (Å²) in [7, 11) is 0. The molecule has 3 aliphatic rings. The van der Waals surface area contributed by atoms with Gasteiger partial charge in [0.25, 0.3) is 0 Å². The van der Waals surface area contributed by atoms with E-state index in [1.54, 1.807) is 4.90 Å². The third kappa shape index (κ3) is 5.66. The molecular weight excluding hydrogens is 416 g/mol. The molecule has 0 spiro atoms. The summed E-state index contributed by atoms with van der Waals surface area (Å²) in [4.78, 5) is 26.0. The highest BCUT2D eigenvalue weighted by Gasteiger charge is 2.44. The number of likely N-dealkylation sites (tertiary alicyclic amines) is 1. The molecule has 2 saturated carbocycles. The monoisotopic (exact) mass is 449 g/mol. The second-order valence-electron chi connectivity index (χ2n) is 10.6. The third-order valence-corrected chi connectivity index (χ3v) is 6.67. The number of halogens is 2. The van der Waals surface area contributed by atoms with Crippen LogP contribution in [0.2, 0.25) is 0 Å². The molecule has 2 atom stereocenters. The third-order valence-electron chi connectivity index (χ3n) is 6.67. The fourth-order valence-corrected chi connectivity index (χ4v) is 4.70. The molecule has 1 heterocycles. The van der Waals surface area contributed by atoms with Crippen LogP contribution in [0.3, 0.4) is 0 Å². The first-order chi connectivity index (χ1) is 15.1. The lowest BCUT2D eigenvalue weighted by Crippen LogP contribution is -2.42. The molecule has 0 bridgehead atoms. The minimum absolute atomic E-state index is 0.131. The second kappa shape index (κ2) is 9.08. The van der Waals surface area contributed by atoms with Crippen LogP contribution in [0.4, 0.5) is 13.6 Å². The highest BCUT2D eigenvalue weighted by atomic mass is 19.1. The Balaban J connectivity index is 1.19. The van der Waals surface area contributed by atoms with Crippen molar-refractivity contribution in [3.05, 3.63) is 34.9 Å². The lowest BCUT2D eigenvalue weighted by Gasteiger charge is -2.33. The molecule has 2 aliphatic carbocycles. The number of nitrogens with zero attached hydrogens (tertiary/aromatic N) is 1. The number of carbonyl (C=O) groups excluding carboxylic acids is 2. The lowest BCUT2D eigenvalue weighted by molar-refractivity contribution is 0.0170. The molecule has 4 rings (SSSR count). The van der Waals surface area contributed by atoms with Gasteiger partial charge in [-0.3, -0.25) is 4.79 Å². The molecular formula is C25H33F2NO4. The molecule has 1 saturated heterocycles. The quantitative estimate of drug-likeness (QED) is 0.526. The van der Waals surface area contributed by atoms with Gasteiger partial charge in [-0.15, -0.1) is 0 Å². The van der Waals surface area contributed by atoms with E-state index in [1.807, 2.05) is 20.8 Å². The average molecular weight is 450 g/mol. The standard InChI is InChI=1S/C25H33F2NO4/c1-25(2,3)32-24(30)28-8-6-16(7-9-28)19-12-18(19)14-31-13-15-10-20(26)22(21(27)11-15)23(29)17-4-5-17/h10-11,16-19H,4-9,12-14H2,1-3H3/t18-,19+/m0/s1. The number of carbonyl (C=O) groups is 2. The van der Waals surface area contributed by atoms with Gasteiger partial charge in [-0.05, 0) is 88.3 Å². The van der Waals surface area contributed by atoms with Gasteiger partial charge < -0.3 is 14.4 Å². The number of piperidine rings is 1. The Morgan fingerprint density at radius 2 is 1.69 bits per heavy atom. The van der Waals surface area contributed by atoms with Gasteiger partial charge in [0.2, 0.25) is 0 Å². The van der Waals surface area contributed by atoms with E-state index in [4.69, 9.17) is 9.47 Å². The van der Waals surface area contributed by atoms with Gasteiger partial charge in [-0.1, -0.05) is 0 Å². The Kier molecular flexibility index (Phi) is 6.57. The molecule has 176 valence electrons. The van der Waals surface area contributed by atoms with Gasteiger partial charge in [0.05, 0.1) is 18.8 Å². The maximum absolute atomic E-state index is 14.3. The van der Waals surface area contributed by atoms with Crippen LogP contribution in [0.1, 0.15) is 68.8 Å². The molecule has 5 nitrogen and oxygen atoms in total. The molecule has 32 heavy (non-hydrogen) atoms. The Hall–Kier alpha value is -2.02. The summed E-state index contributed by atoms with van der Waals surface area (Å²) in [6, 6.07) is 2.44. The van der Waals surface area contributed by atoms with E-state index in [0.717, 1.165) is 19.3 Å². The first kappa shape index (κ1) is 23.1. The van der Waals surface area contributed by atoms with Crippen molar-refractivity contribution in [1.29, 1.82) is 0 Å². The number of ketones is 1. The van der Waals surface area contributed by atoms with Crippen LogP contribution >= 0.6 is 0 Å². The first-order valence-corrected chi connectivity index (χ1v) is 11.7. The number of hydrogen-bond donors (Lipinski definition) is 0. The molecule has 0 radical (unpaired) electrons. The van der Waals surface area contributed by atoms with E-state index >= 15 is 0 Å². The Labute approximate surface area is 188 Å². The summed E-state index contributed by atoms with van der Waals surface area (Å²) >= 11 is 0. The van der Waals surface area contributed by atoms with Crippen molar-refractivity contribution in [1.82, 2.24) is 4.90 Å². The zero-order chi connectivity index (χ0) is 23.0. The van der Waals surface area contributed by atoms with E-state index in [2.05, 4.69) is 0 Å². The molecule has 1 aliphatic heterocycles. The van der Waals surface area contributed by atoms with Crippen LogP contribution in [0.25, 0.3) is 0 Å². The van der Waals surface area contributed by atoms with Crippen molar-refractivity contribution in [2.45, 2.75) is 65.1 Å². The summed E-state index contributed by atoms with van der Waals surface area (Å²) in [5.74, 6) is -0.607. The molecule has 1 aromatic carbocycles. The minimum Gasteiger partial charge on any atom is -0.444 e. The Morgan fingerprint density at radius 3 is 2.25 bits per heavy atom. The summed E-state index contributed by atoms with van der Waals surface area (Å²) in [6.45, 7) is 7.74. The normalized spacial score (nSPS) is 23.8. The Bertz CT molecular complexity index is 846. The number of Topliss-reactive ketones (excluding diaryl/α,β-unsaturated/α-hetero) is 1. The number of hydrogen-bond acceptors (Lipinski definition) is 4. The number of benzene rings is 1. The second-order valence-corrected chi connectivity index (χ2v) is 10.6. The van der Waals surface area contributed by atoms with Gasteiger partial charge in [0.15, 0.2) is 5.78 Å². The molecule has 0 N–H and O–H groups in total. The van der Waals surface area contributed by atoms with Gasteiger partial charge in [0, 0.05) is 19.0 Å². The highest BCUT2D eigenvalue weighted by Crippen LogP contribution is 2.48. The van der Waals surface area contributed by atoms with Gasteiger partial charge in [0.1, 0.15) is 17.2 Å². The zero-order valence-corrected chi connectivity index (χ0v) is 19.2. The van der Waals surface area contributed by atoms with Crippen molar-refractivity contribution >= 4 is 11.9 Å². The SMILES string of the molecule is CC(C)(C)OC(=O)N1CCC([C@H]2C[C@H]2COCc2cc(F)c(C(=O)C3CC3)c(F)c2)CC1. The number of rotatable bonds is 7. The zero-order valence-electron chi connectivity index (χ0n) is 19.2. The van der Waals surface area contributed by atoms with Gasteiger partial charge >= 0.3 is 6.09 Å². The number of ether oxygens (including phenoxy) is 2. The summed E-state index contributed by atoms with van der Waals surface area (Å²) < 4.78 is 39.8. The summed E-state index contributed by atoms with van der Waals surface area (Å²) in [5.41, 5.74) is -0.474. The van der Waals surface area contributed by atoms with Gasteiger partial charge in [-0.25, -0.2) is 13.6 Å². The molecule has 1 aromatic rings. The largest absolute Gasteiger partial charge is 0.444 e. The molecule has 0 aromatic heterocycles. The average Bonchev–Trinajstić information content (AvgIpc) is 3.60. The maximum atomic E-state index is 14.3. The first-order valence-electron chi connectivity index (χ1n) is 11.7. The molecule has 0 unspecified atom stereocenters. The minimum atomic E-state index is -0.790. The predicted octanol–water partition coefficient (Wildman–Crippen LogP) is 5.36. The van der Waals surface area contributed by atoms with Crippen molar-refractivity contribution in [3.8, 4) is 0 Å².